The van der Waals surface area contributed by atoms with Crippen LogP contribution in [0, 0.1) is 5.92 Å². The van der Waals surface area contributed by atoms with Crippen LogP contribution in [0.4, 0.5) is 0 Å². The van der Waals surface area contributed by atoms with E-state index in [1.165, 1.54) is 57.9 Å². The van der Waals surface area contributed by atoms with Crippen LogP contribution < -0.4 is 5.32 Å². The molecule has 0 aromatic rings. The first-order valence-electron chi connectivity index (χ1n) is 6.60. The molecule has 1 aliphatic rings. The van der Waals surface area contributed by atoms with Gasteiger partial charge in [0.2, 0.25) is 0 Å². The average Bonchev–Trinajstić information content (AvgIpc) is 2.25. The van der Waals surface area contributed by atoms with Crippen molar-refractivity contribution in [3.63, 3.8) is 0 Å². The van der Waals surface area contributed by atoms with Crippen molar-refractivity contribution in [3.8, 4) is 0 Å². The van der Waals surface area contributed by atoms with Crippen molar-refractivity contribution in [1.29, 1.82) is 0 Å². The van der Waals surface area contributed by atoms with Gasteiger partial charge in [-0.25, -0.2) is 0 Å². The predicted molar refractivity (Wildman–Crippen MR) is 63.6 cm³/mol. The summed E-state index contributed by atoms with van der Waals surface area (Å²) in [5.74, 6) is 1.01. The lowest BCUT2D eigenvalue weighted by Gasteiger charge is -2.29. The van der Waals surface area contributed by atoms with Crippen molar-refractivity contribution in [3.05, 3.63) is 0 Å². The van der Waals surface area contributed by atoms with Crippen LogP contribution in [0.3, 0.4) is 0 Å². The second kappa shape index (κ2) is 7.28. The fourth-order valence-corrected chi connectivity index (χ4v) is 2.53. The number of rotatable bonds is 6. The molecule has 14 heavy (non-hydrogen) atoms. The molecule has 0 radical (unpaired) electrons. The lowest BCUT2D eigenvalue weighted by molar-refractivity contribution is 0.278. The Bertz CT molecular complexity index is 133. The molecular formula is C13H27N. The van der Waals surface area contributed by atoms with Gasteiger partial charge in [0.05, 0.1) is 0 Å². The number of nitrogens with one attached hydrogen (secondary N) is 1. The Kier molecular flexibility index (Phi) is 6.25. The molecule has 1 rings (SSSR count). The van der Waals surface area contributed by atoms with E-state index in [9.17, 15) is 0 Å². The number of unbranched alkanes of at least 4 members (excludes halogenated alkanes) is 2. The van der Waals surface area contributed by atoms with E-state index >= 15 is 0 Å². The summed E-state index contributed by atoms with van der Waals surface area (Å²) in [5, 5.41) is 3.72. The van der Waals surface area contributed by atoms with Crippen LogP contribution in [0.25, 0.3) is 0 Å². The summed E-state index contributed by atoms with van der Waals surface area (Å²) in [6, 6.07) is 0.838. The largest absolute Gasteiger partial charge is 0.314 e. The molecule has 1 fully saturated rings. The van der Waals surface area contributed by atoms with Gasteiger partial charge in [0.25, 0.3) is 0 Å². The molecule has 1 nitrogen and oxygen atoms in total. The van der Waals surface area contributed by atoms with E-state index in [1.807, 2.05) is 0 Å². The molecule has 0 amide bonds. The van der Waals surface area contributed by atoms with Crippen LogP contribution in [0.2, 0.25) is 0 Å². The van der Waals surface area contributed by atoms with Gasteiger partial charge in [-0.1, -0.05) is 46.0 Å². The maximum absolute atomic E-state index is 3.72. The molecular weight excluding hydrogens is 170 g/mol. The van der Waals surface area contributed by atoms with Crippen LogP contribution in [0.15, 0.2) is 0 Å². The Balaban J connectivity index is 2.05. The molecule has 0 bridgehead atoms. The van der Waals surface area contributed by atoms with Crippen molar-refractivity contribution >= 4 is 0 Å². The molecule has 0 aromatic carbocycles. The first-order chi connectivity index (χ1) is 6.86. The molecule has 0 aromatic heterocycles. The monoisotopic (exact) mass is 197 g/mol. The van der Waals surface area contributed by atoms with Crippen molar-refractivity contribution in [2.24, 2.45) is 5.92 Å². The van der Waals surface area contributed by atoms with E-state index in [-0.39, 0.29) is 0 Å². The summed E-state index contributed by atoms with van der Waals surface area (Å²) in [6.07, 6.45) is 11.2. The topological polar surface area (TPSA) is 12.0 Å². The average molecular weight is 197 g/mol. The molecule has 2 atom stereocenters. The molecule has 1 heteroatoms. The van der Waals surface area contributed by atoms with Gasteiger partial charge in [0.1, 0.15) is 0 Å². The highest BCUT2D eigenvalue weighted by Crippen LogP contribution is 2.26. The highest BCUT2D eigenvalue weighted by atomic mass is 14.9. The first-order valence-corrected chi connectivity index (χ1v) is 6.60. The van der Waals surface area contributed by atoms with E-state index in [4.69, 9.17) is 0 Å². The molecule has 1 N–H and O–H groups in total. The Hall–Kier alpha value is -0.0400. The van der Waals surface area contributed by atoms with E-state index in [0.717, 1.165) is 12.0 Å². The zero-order valence-corrected chi connectivity index (χ0v) is 10.0. The maximum atomic E-state index is 3.72. The summed E-state index contributed by atoms with van der Waals surface area (Å²) < 4.78 is 0. The Labute approximate surface area is 89.7 Å². The smallest absolute Gasteiger partial charge is 0.00697 e. The minimum atomic E-state index is 0.838. The van der Waals surface area contributed by atoms with Crippen LogP contribution in [0.5, 0.6) is 0 Å². The predicted octanol–water partition coefficient (Wildman–Crippen LogP) is 3.74. The van der Waals surface area contributed by atoms with Crippen molar-refractivity contribution in [2.75, 3.05) is 6.54 Å². The highest BCUT2D eigenvalue weighted by Gasteiger charge is 2.19. The van der Waals surface area contributed by atoms with Crippen molar-refractivity contribution in [1.82, 2.24) is 5.32 Å². The minimum Gasteiger partial charge on any atom is -0.314 e. The van der Waals surface area contributed by atoms with E-state index < -0.39 is 0 Å². The fraction of sp³-hybridized carbons (Fsp3) is 1.00. The normalized spacial score (nSPS) is 27.9. The van der Waals surface area contributed by atoms with Gasteiger partial charge < -0.3 is 5.32 Å². The third-order valence-corrected chi connectivity index (χ3v) is 3.57. The van der Waals surface area contributed by atoms with E-state index in [0.29, 0.717) is 0 Å². The van der Waals surface area contributed by atoms with Gasteiger partial charge in [-0.2, -0.15) is 0 Å². The van der Waals surface area contributed by atoms with E-state index in [1.54, 1.807) is 0 Å². The summed E-state index contributed by atoms with van der Waals surface area (Å²) in [7, 11) is 0. The molecule has 0 heterocycles. The second-order valence-electron chi connectivity index (χ2n) is 4.80. The molecule has 84 valence electrons. The molecule has 0 spiro atoms. The Morgan fingerprint density at radius 3 is 2.71 bits per heavy atom. The van der Waals surface area contributed by atoms with Gasteiger partial charge >= 0.3 is 0 Å². The molecule has 1 saturated carbocycles. The fourth-order valence-electron chi connectivity index (χ4n) is 2.53. The lowest BCUT2D eigenvalue weighted by atomic mass is 9.84. The molecule has 0 saturated heterocycles. The third-order valence-electron chi connectivity index (χ3n) is 3.57. The summed E-state index contributed by atoms with van der Waals surface area (Å²) >= 11 is 0. The first kappa shape index (κ1) is 12.0. The zero-order chi connectivity index (χ0) is 10.2. The minimum absolute atomic E-state index is 0.838. The van der Waals surface area contributed by atoms with Crippen LogP contribution in [-0.2, 0) is 0 Å². The van der Waals surface area contributed by atoms with Gasteiger partial charge in [0, 0.05) is 6.04 Å². The summed E-state index contributed by atoms with van der Waals surface area (Å²) in [4.78, 5) is 0. The SMILES string of the molecule is CCCCCNC1CCCC(CC)C1. The van der Waals surface area contributed by atoms with Crippen molar-refractivity contribution in [2.45, 2.75) is 71.3 Å². The quantitative estimate of drug-likeness (QED) is 0.640. The number of hydrogen-bond acceptors (Lipinski definition) is 1. The van der Waals surface area contributed by atoms with Crippen molar-refractivity contribution < 1.29 is 0 Å². The maximum Gasteiger partial charge on any atom is 0.00697 e. The van der Waals surface area contributed by atoms with Gasteiger partial charge in [-0.3, -0.25) is 0 Å². The summed E-state index contributed by atoms with van der Waals surface area (Å²) in [6.45, 7) is 5.85. The Morgan fingerprint density at radius 2 is 2.00 bits per heavy atom. The van der Waals surface area contributed by atoms with Gasteiger partial charge in [-0.05, 0) is 31.7 Å². The zero-order valence-electron chi connectivity index (χ0n) is 10.0. The number of hydrogen-bond donors (Lipinski definition) is 1. The van der Waals surface area contributed by atoms with Crippen LogP contribution >= 0.6 is 0 Å². The standard InChI is InChI=1S/C13H27N/c1-3-5-6-10-14-13-9-7-8-12(4-2)11-13/h12-14H,3-11H2,1-2H3. The lowest BCUT2D eigenvalue weighted by Crippen LogP contribution is -2.34. The third kappa shape index (κ3) is 4.45. The second-order valence-corrected chi connectivity index (χ2v) is 4.80. The molecule has 0 aliphatic heterocycles. The van der Waals surface area contributed by atoms with Gasteiger partial charge in [0.15, 0.2) is 0 Å². The van der Waals surface area contributed by atoms with Gasteiger partial charge in [-0.15, -0.1) is 0 Å². The molecule has 2 unspecified atom stereocenters. The molecule has 1 aliphatic carbocycles. The van der Waals surface area contributed by atoms with Crippen LogP contribution in [0.1, 0.15) is 65.2 Å². The highest BCUT2D eigenvalue weighted by molar-refractivity contribution is 4.77. The Morgan fingerprint density at radius 1 is 1.14 bits per heavy atom. The summed E-state index contributed by atoms with van der Waals surface area (Å²) in [5.41, 5.74) is 0. The van der Waals surface area contributed by atoms with E-state index in [2.05, 4.69) is 19.2 Å². The van der Waals surface area contributed by atoms with Crippen LogP contribution in [-0.4, -0.2) is 12.6 Å².